The first-order valence-corrected chi connectivity index (χ1v) is 6.54. The van der Waals surface area contributed by atoms with Crippen molar-refractivity contribution in [3.8, 4) is 0 Å². The molecule has 108 valence electrons. The van der Waals surface area contributed by atoms with E-state index in [1.165, 1.54) is 12.1 Å². The van der Waals surface area contributed by atoms with E-state index in [1.807, 2.05) is 11.9 Å². The van der Waals surface area contributed by atoms with Crippen LogP contribution in [0, 0.1) is 10.1 Å². The van der Waals surface area contributed by atoms with Gasteiger partial charge in [-0.15, -0.1) is 0 Å². The number of hydrogen-bond acceptors (Lipinski definition) is 5. The number of amides is 1. The SMILES string of the molecule is CN1CCCC[C@@H]1C(=O)Nc1ccc(N)c([N+](=O)[O-])c1. The highest BCUT2D eigenvalue weighted by Crippen LogP contribution is 2.25. The summed E-state index contributed by atoms with van der Waals surface area (Å²) in [7, 11) is 1.91. The molecule has 1 aliphatic rings. The molecule has 0 aromatic heterocycles. The molecule has 1 fully saturated rings. The van der Waals surface area contributed by atoms with E-state index in [0.29, 0.717) is 5.69 Å². The van der Waals surface area contributed by atoms with Crippen molar-refractivity contribution in [1.82, 2.24) is 4.90 Å². The van der Waals surface area contributed by atoms with Gasteiger partial charge in [-0.2, -0.15) is 0 Å². The van der Waals surface area contributed by atoms with E-state index in [1.54, 1.807) is 6.07 Å². The molecular formula is C13H18N4O3. The number of hydrogen-bond donors (Lipinski definition) is 2. The summed E-state index contributed by atoms with van der Waals surface area (Å²) in [4.78, 5) is 24.5. The number of nitro groups is 1. The Bertz CT molecular complexity index is 532. The van der Waals surface area contributed by atoms with E-state index < -0.39 is 4.92 Å². The van der Waals surface area contributed by atoms with Gasteiger partial charge >= 0.3 is 0 Å². The van der Waals surface area contributed by atoms with Gasteiger partial charge in [0.05, 0.1) is 11.0 Å². The van der Waals surface area contributed by atoms with E-state index in [9.17, 15) is 14.9 Å². The van der Waals surface area contributed by atoms with Crippen molar-refractivity contribution >= 4 is 23.0 Å². The number of nitrogens with one attached hydrogen (secondary N) is 1. The maximum absolute atomic E-state index is 12.2. The lowest BCUT2D eigenvalue weighted by Crippen LogP contribution is -2.44. The van der Waals surface area contributed by atoms with Crippen LogP contribution >= 0.6 is 0 Å². The third-order valence-corrected chi connectivity index (χ3v) is 3.57. The number of nitrogens with two attached hydrogens (primary N) is 1. The van der Waals surface area contributed by atoms with Gasteiger partial charge in [-0.25, -0.2) is 0 Å². The van der Waals surface area contributed by atoms with Crippen LogP contribution in [0.3, 0.4) is 0 Å². The largest absolute Gasteiger partial charge is 0.393 e. The van der Waals surface area contributed by atoms with Crippen LogP contribution < -0.4 is 11.1 Å². The van der Waals surface area contributed by atoms with Crippen molar-refractivity contribution in [2.45, 2.75) is 25.3 Å². The predicted molar refractivity (Wildman–Crippen MR) is 76.4 cm³/mol. The van der Waals surface area contributed by atoms with Gasteiger partial charge in [-0.05, 0) is 38.6 Å². The second-order valence-electron chi connectivity index (χ2n) is 5.01. The summed E-state index contributed by atoms with van der Waals surface area (Å²) in [6.45, 7) is 0.889. The van der Waals surface area contributed by atoms with Gasteiger partial charge in [-0.1, -0.05) is 6.42 Å². The van der Waals surface area contributed by atoms with Crippen LogP contribution in [-0.2, 0) is 4.79 Å². The number of nitrogen functional groups attached to an aromatic ring is 1. The summed E-state index contributed by atoms with van der Waals surface area (Å²) in [6, 6.07) is 4.11. The first-order chi connectivity index (χ1) is 9.49. The lowest BCUT2D eigenvalue weighted by atomic mass is 10.0. The number of anilines is 2. The van der Waals surface area contributed by atoms with Crippen LogP contribution in [0.2, 0.25) is 0 Å². The van der Waals surface area contributed by atoms with E-state index in [-0.39, 0.29) is 23.3 Å². The minimum absolute atomic E-state index is 0.0859. The molecule has 0 bridgehead atoms. The Hall–Kier alpha value is -2.15. The number of carbonyl (C=O) groups is 1. The standard InChI is InChI=1S/C13H18N4O3/c1-16-7-3-2-4-11(16)13(18)15-9-5-6-10(14)12(8-9)17(19)20/h5-6,8,11H,2-4,7,14H2,1H3,(H,15,18)/t11-/m1/s1. The van der Waals surface area contributed by atoms with E-state index in [4.69, 9.17) is 5.73 Å². The first kappa shape index (κ1) is 14.3. The molecule has 7 heteroatoms. The molecule has 3 N–H and O–H groups in total. The number of piperidine rings is 1. The Balaban J connectivity index is 2.11. The molecule has 1 aromatic rings. The quantitative estimate of drug-likeness (QED) is 0.497. The number of nitro benzene ring substituents is 1. The van der Waals surface area contributed by atoms with Crippen molar-refractivity contribution in [2.75, 3.05) is 24.6 Å². The second-order valence-corrected chi connectivity index (χ2v) is 5.01. The Kier molecular flexibility index (Phi) is 4.19. The molecule has 1 saturated heterocycles. The molecule has 7 nitrogen and oxygen atoms in total. The van der Waals surface area contributed by atoms with Gasteiger partial charge < -0.3 is 11.1 Å². The molecule has 1 heterocycles. The number of carbonyl (C=O) groups excluding carboxylic acids is 1. The zero-order valence-corrected chi connectivity index (χ0v) is 11.3. The van der Waals surface area contributed by atoms with Crippen molar-refractivity contribution in [1.29, 1.82) is 0 Å². The van der Waals surface area contributed by atoms with Crippen molar-refractivity contribution < 1.29 is 9.72 Å². The molecule has 1 amide bonds. The van der Waals surface area contributed by atoms with E-state index in [0.717, 1.165) is 25.8 Å². The van der Waals surface area contributed by atoms with E-state index >= 15 is 0 Å². The number of likely N-dealkylation sites (N-methyl/N-ethyl adjacent to an activating group) is 1. The zero-order chi connectivity index (χ0) is 14.7. The van der Waals surface area contributed by atoms with Gasteiger partial charge in [0.15, 0.2) is 0 Å². The zero-order valence-electron chi connectivity index (χ0n) is 11.3. The van der Waals surface area contributed by atoms with Crippen LogP contribution in [0.1, 0.15) is 19.3 Å². The molecule has 0 aliphatic carbocycles. The lowest BCUT2D eigenvalue weighted by molar-refractivity contribution is -0.383. The normalized spacial score (nSPS) is 19.6. The Morgan fingerprint density at radius 3 is 2.90 bits per heavy atom. The summed E-state index contributed by atoms with van der Waals surface area (Å²) < 4.78 is 0. The van der Waals surface area contributed by atoms with Crippen LogP contribution in [0.5, 0.6) is 0 Å². The maximum atomic E-state index is 12.2. The van der Waals surface area contributed by atoms with Gasteiger partial charge in [0.2, 0.25) is 5.91 Å². The Labute approximate surface area is 116 Å². The highest BCUT2D eigenvalue weighted by molar-refractivity contribution is 5.95. The first-order valence-electron chi connectivity index (χ1n) is 6.54. The van der Waals surface area contributed by atoms with Crippen LogP contribution in [0.25, 0.3) is 0 Å². The Morgan fingerprint density at radius 2 is 2.25 bits per heavy atom. The van der Waals surface area contributed by atoms with Gasteiger partial charge in [0.1, 0.15) is 5.69 Å². The highest BCUT2D eigenvalue weighted by atomic mass is 16.6. The minimum Gasteiger partial charge on any atom is -0.393 e. The Morgan fingerprint density at radius 1 is 1.50 bits per heavy atom. The molecule has 20 heavy (non-hydrogen) atoms. The van der Waals surface area contributed by atoms with Crippen molar-refractivity contribution in [2.24, 2.45) is 0 Å². The minimum atomic E-state index is -0.558. The summed E-state index contributed by atoms with van der Waals surface area (Å²) in [6.07, 6.45) is 2.91. The van der Waals surface area contributed by atoms with Gasteiger partial charge in [-0.3, -0.25) is 19.8 Å². The van der Waals surface area contributed by atoms with Crippen LogP contribution in [0.4, 0.5) is 17.1 Å². The third kappa shape index (κ3) is 3.05. The smallest absolute Gasteiger partial charge is 0.294 e. The summed E-state index contributed by atoms with van der Waals surface area (Å²) in [5.74, 6) is -0.133. The third-order valence-electron chi connectivity index (χ3n) is 3.57. The number of benzene rings is 1. The number of rotatable bonds is 3. The molecule has 2 rings (SSSR count). The van der Waals surface area contributed by atoms with Crippen molar-refractivity contribution in [3.63, 3.8) is 0 Å². The fourth-order valence-corrected chi connectivity index (χ4v) is 2.41. The molecule has 0 spiro atoms. The summed E-state index contributed by atoms with van der Waals surface area (Å²) in [5, 5.41) is 13.5. The fraction of sp³-hybridized carbons (Fsp3) is 0.462. The molecule has 1 aromatic carbocycles. The van der Waals surface area contributed by atoms with Gasteiger partial charge in [0.25, 0.3) is 5.69 Å². The predicted octanol–water partition coefficient (Wildman–Crippen LogP) is 1.60. The van der Waals surface area contributed by atoms with Crippen LogP contribution in [-0.4, -0.2) is 35.4 Å². The van der Waals surface area contributed by atoms with Crippen LogP contribution in [0.15, 0.2) is 18.2 Å². The summed E-state index contributed by atoms with van der Waals surface area (Å²) >= 11 is 0. The second kappa shape index (κ2) is 5.87. The number of likely N-dealkylation sites (tertiary alicyclic amines) is 1. The molecule has 0 radical (unpaired) electrons. The average molecular weight is 278 g/mol. The fourth-order valence-electron chi connectivity index (χ4n) is 2.41. The summed E-state index contributed by atoms with van der Waals surface area (Å²) in [5.41, 5.74) is 5.81. The molecule has 1 aliphatic heterocycles. The van der Waals surface area contributed by atoms with Gasteiger partial charge in [0, 0.05) is 11.8 Å². The molecule has 1 atom stereocenters. The lowest BCUT2D eigenvalue weighted by Gasteiger charge is -2.31. The van der Waals surface area contributed by atoms with Crippen molar-refractivity contribution in [3.05, 3.63) is 28.3 Å². The van der Waals surface area contributed by atoms with E-state index in [2.05, 4.69) is 5.32 Å². The monoisotopic (exact) mass is 278 g/mol. The topological polar surface area (TPSA) is 102 Å². The number of nitrogens with zero attached hydrogens (tertiary/aromatic N) is 2. The molecule has 0 saturated carbocycles. The highest BCUT2D eigenvalue weighted by Gasteiger charge is 2.26. The average Bonchev–Trinajstić information content (AvgIpc) is 2.41. The maximum Gasteiger partial charge on any atom is 0.294 e. The molecule has 0 unspecified atom stereocenters. The molecular weight excluding hydrogens is 260 g/mol.